The summed E-state index contributed by atoms with van der Waals surface area (Å²) in [5, 5.41) is 18.4. The van der Waals surface area contributed by atoms with Crippen LogP contribution in [0.1, 0.15) is 12.8 Å². The van der Waals surface area contributed by atoms with E-state index in [4.69, 9.17) is 16.2 Å². The lowest BCUT2D eigenvalue weighted by molar-refractivity contribution is 0.0164. The van der Waals surface area contributed by atoms with E-state index in [0.717, 1.165) is 24.2 Å². The molecule has 7 heteroatoms. The molecular formula is C8H17ClN4O2. The van der Waals surface area contributed by atoms with Crippen molar-refractivity contribution in [1.82, 2.24) is 10.0 Å². The number of carbonyl (C=O) groups is 1. The van der Waals surface area contributed by atoms with Gasteiger partial charge in [0.1, 0.15) is 6.34 Å². The van der Waals surface area contributed by atoms with Gasteiger partial charge in [0.2, 0.25) is 0 Å². The molecule has 6 nitrogen and oxygen atoms in total. The molecule has 1 atom stereocenters. The van der Waals surface area contributed by atoms with Crippen LogP contribution in [-0.2, 0) is 0 Å². The van der Waals surface area contributed by atoms with Gasteiger partial charge >= 0.3 is 6.09 Å². The quantitative estimate of drug-likeness (QED) is 0.494. The normalized spacial score (nSPS) is 21.5. The first kappa shape index (κ1) is 14.2. The molecule has 1 saturated heterocycles. The van der Waals surface area contributed by atoms with Crippen molar-refractivity contribution in [2.24, 2.45) is 11.7 Å². The lowest BCUT2D eigenvalue weighted by Crippen LogP contribution is -2.50. The Labute approximate surface area is 94.9 Å². The number of rotatable bonds is 3. The van der Waals surface area contributed by atoms with Gasteiger partial charge in [-0.05, 0) is 25.3 Å². The third-order valence-electron chi connectivity index (χ3n) is 2.45. The minimum atomic E-state index is -1.11. The van der Waals surface area contributed by atoms with Crippen LogP contribution in [0.2, 0.25) is 0 Å². The highest BCUT2D eigenvalue weighted by molar-refractivity contribution is 5.85. The molecule has 1 fully saturated rings. The summed E-state index contributed by atoms with van der Waals surface area (Å²) in [5.74, 6) is 0.338. The summed E-state index contributed by atoms with van der Waals surface area (Å²) in [4.78, 5) is 10.7. The van der Waals surface area contributed by atoms with Crippen LogP contribution in [0, 0.1) is 11.3 Å². The van der Waals surface area contributed by atoms with Crippen molar-refractivity contribution in [3.63, 3.8) is 0 Å². The molecule has 0 aromatic carbocycles. The SMILES string of the molecule is Cl.N=CN(C(=O)O)N1CCCC(CN)C1. The smallest absolute Gasteiger partial charge is 0.427 e. The molecule has 1 aliphatic rings. The number of hydrogen-bond acceptors (Lipinski definition) is 4. The van der Waals surface area contributed by atoms with Crippen molar-refractivity contribution in [3.05, 3.63) is 0 Å². The zero-order chi connectivity index (χ0) is 10.6. The molecule has 1 heterocycles. The maximum Gasteiger partial charge on any atom is 0.427 e. The van der Waals surface area contributed by atoms with Gasteiger partial charge in [0, 0.05) is 13.1 Å². The number of piperidine rings is 1. The summed E-state index contributed by atoms with van der Waals surface area (Å²) < 4.78 is 0. The Kier molecular flexibility index (Phi) is 6.23. The number of halogens is 1. The molecule has 0 saturated carbocycles. The summed E-state index contributed by atoms with van der Waals surface area (Å²) >= 11 is 0. The zero-order valence-electron chi connectivity index (χ0n) is 8.43. The average Bonchev–Trinajstić information content (AvgIpc) is 2.19. The fourth-order valence-electron chi connectivity index (χ4n) is 1.69. The Hall–Kier alpha value is -0.850. The number of nitrogens with zero attached hydrogens (tertiary/aromatic N) is 2. The Morgan fingerprint density at radius 2 is 2.40 bits per heavy atom. The fourth-order valence-corrected chi connectivity index (χ4v) is 1.69. The lowest BCUT2D eigenvalue weighted by Gasteiger charge is -2.36. The van der Waals surface area contributed by atoms with Gasteiger partial charge in [0.05, 0.1) is 0 Å². The highest BCUT2D eigenvalue weighted by Crippen LogP contribution is 2.16. The monoisotopic (exact) mass is 236 g/mol. The predicted molar refractivity (Wildman–Crippen MR) is 59.2 cm³/mol. The van der Waals surface area contributed by atoms with Crippen molar-refractivity contribution >= 4 is 24.8 Å². The van der Waals surface area contributed by atoms with Crippen LogP contribution in [-0.4, -0.2) is 47.2 Å². The Morgan fingerprint density at radius 3 is 2.87 bits per heavy atom. The van der Waals surface area contributed by atoms with Crippen molar-refractivity contribution in [2.75, 3.05) is 19.6 Å². The van der Waals surface area contributed by atoms with E-state index in [2.05, 4.69) is 0 Å². The van der Waals surface area contributed by atoms with Crippen molar-refractivity contribution in [1.29, 1.82) is 5.41 Å². The summed E-state index contributed by atoms with van der Waals surface area (Å²) in [6, 6.07) is 0. The van der Waals surface area contributed by atoms with Crippen LogP contribution >= 0.6 is 12.4 Å². The summed E-state index contributed by atoms with van der Waals surface area (Å²) in [6.45, 7) is 1.87. The van der Waals surface area contributed by atoms with Crippen molar-refractivity contribution in [3.8, 4) is 0 Å². The van der Waals surface area contributed by atoms with Crippen LogP contribution in [0.4, 0.5) is 4.79 Å². The molecule has 1 unspecified atom stereocenters. The minimum absolute atomic E-state index is 0. The number of nitrogens with one attached hydrogen (secondary N) is 1. The van der Waals surface area contributed by atoms with Gasteiger partial charge in [-0.15, -0.1) is 12.4 Å². The van der Waals surface area contributed by atoms with Gasteiger partial charge in [-0.3, -0.25) is 5.41 Å². The van der Waals surface area contributed by atoms with Gasteiger partial charge in [0.15, 0.2) is 0 Å². The van der Waals surface area contributed by atoms with E-state index in [1.807, 2.05) is 0 Å². The van der Waals surface area contributed by atoms with E-state index in [1.165, 1.54) is 0 Å². The molecule has 1 amide bonds. The second-order valence-electron chi connectivity index (χ2n) is 3.41. The number of hydrazine groups is 1. The fraction of sp³-hybridized carbons (Fsp3) is 0.750. The minimum Gasteiger partial charge on any atom is -0.464 e. The van der Waals surface area contributed by atoms with Crippen LogP contribution in [0.25, 0.3) is 0 Å². The Morgan fingerprint density at radius 1 is 1.73 bits per heavy atom. The van der Waals surface area contributed by atoms with Crippen molar-refractivity contribution < 1.29 is 9.90 Å². The molecule has 4 N–H and O–H groups in total. The van der Waals surface area contributed by atoms with Gasteiger partial charge in [-0.1, -0.05) is 0 Å². The first-order chi connectivity index (χ1) is 6.69. The maximum atomic E-state index is 10.7. The second-order valence-corrected chi connectivity index (χ2v) is 3.41. The average molecular weight is 237 g/mol. The molecule has 0 aromatic heterocycles. The van der Waals surface area contributed by atoms with Gasteiger partial charge in [0.25, 0.3) is 0 Å². The Balaban J connectivity index is 0.00000196. The molecule has 0 radical (unpaired) electrons. The Bertz CT molecular complexity index is 227. The highest BCUT2D eigenvalue weighted by atomic mass is 35.5. The van der Waals surface area contributed by atoms with E-state index in [-0.39, 0.29) is 12.4 Å². The van der Waals surface area contributed by atoms with E-state index in [0.29, 0.717) is 25.6 Å². The molecule has 0 aromatic rings. The topological polar surface area (TPSA) is 93.6 Å². The molecule has 1 rings (SSSR count). The number of carboxylic acid groups (broad SMARTS) is 1. The predicted octanol–water partition coefficient (Wildman–Crippen LogP) is 0.581. The van der Waals surface area contributed by atoms with E-state index in [9.17, 15) is 4.79 Å². The van der Waals surface area contributed by atoms with Crippen LogP contribution in [0.15, 0.2) is 0 Å². The first-order valence-electron chi connectivity index (χ1n) is 4.66. The standard InChI is InChI=1S/C8H16N4O2.ClH/c9-4-7-2-1-3-11(5-7)12(6-10)8(13)14;/h6-7,10H,1-5,9H2,(H,13,14);1H. The van der Waals surface area contributed by atoms with Gasteiger partial charge in [-0.2, -0.15) is 5.01 Å². The van der Waals surface area contributed by atoms with Crippen LogP contribution < -0.4 is 5.73 Å². The zero-order valence-corrected chi connectivity index (χ0v) is 9.24. The number of nitrogens with two attached hydrogens (primary N) is 1. The van der Waals surface area contributed by atoms with E-state index >= 15 is 0 Å². The number of amides is 1. The first-order valence-corrected chi connectivity index (χ1v) is 4.66. The molecule has 0 bridgehead atoms. The van der Waals surface area contributed by atoms with Gasteiger partial charge in [-0.25, -0.2) is 9.80 Å². The van der Waals surface area contributed by atoms with E-state index < -0.39 is 6.09 Å². The molecule has 0 aliphatic carbocycles. The van der Waals surface area contributed by atoms with Crippen molar-refractivity contribution in [2.45, 2.75) is 12.8 Å². The third-order valence-corrected chi connectivity index (χ3v) is 2.45. The molecular weight excluding hydrogens is 220 g/mol. The highest BCUT2D eigenvalue weighted by Gasteiger charge is 2.25. The lowest BCUT2D eigenvalue weighted by atomic mass is 9.99. The molecule has 88 valence electrons. The van der Waals surface area contributed by atoms with Gasteiger partial charge < -0.3 is 10.8 Å². The summed E-state index contributed by atoms with van der Waals surface area (Å²) in [7, 11) is 0. The molecule has 1 aliphatic heterocycles. The summed E-state index contributed by atoms with van der Waals surface area (Å²) in [6.07, 6.45) is 1.68. The summed E-state index contributed by atoms with van der Waals surface area (Å²) in [5.41, 5.74) is 5.53. The van der Waals surface area contributed by atoms with E-state index in [1.54, 1.807) is 5.01 Å². The third kappa shape index (κ3) is 3.65. The van der Waals surface area contributed by atoms with Crippen LogP contribution in [0.5, 0.6) is 0 Å². The second kappa shape index (κ2) is 6.60. The van der Waals surface area contributed by atoms with Crippen LogP contribution in [0.3, 0.4) is 0 Å². The molecule has 0 spiro atoms. The maximum absolute atomic E-state index is 10.7. The largest absolute Gasteiger partial charge is 0.464 e. The number of hydrogen-bond donors (Lipinski definition) is 3. The molecule has 15 heavy (non-hydrogen) atoms.